The number of rotatable bonds is 2. The molecule has 0 radical (unpaired) electrons. The Morgan fingerprint density at radius 2 is 2.33 bits per heavy atom. The number of nitrogens with one attached hydrogen (secondary N) is 1. The van der Waals surface area contributed by atoms with E-state index in [-0.39, 0.29) is 18.1 Å². The van der Waals surface area contributed by atoms with Crippen LogP contribution in [0.25, 0.3) is 0 Å². The van der Waals surface area contributed by atoms with Gasteiger partial charge in [0.15, 0.2) is 0 Å². The fourth-order valence-electron chi connectivity index (χ4n) is 2.67. The minimum Gasteiger partial charge on any atom is -0.359 e. The monoisotopic (exact) mass is 234 g/mol. The van der Waals surface area contributed by atoms with Crippen molar-refractivity contribution in [1.29, 1.82) is 0 Å². The summed E-state index contributed by atoms with van der Waals surface area (Å²) < 4.78 is 5.83. The van der Waals surface area contributed by atoms with E-state index in [1.807, 2.05) is 0 Å². The van der Waals surface area contributed by atoms with Gasteiger partial charge in [-0.3, -0.25) is 5.32 Å². The van der Waals surface area contributed by atoms with Crippen molar-refractivity contribution in [2.45, 2.75) is 32.4 Å². The van der Waals surface area contributed by atoms with Crippen LogP contribution in [0.2, 0.25) is 0 Å². The molecule has 0 aromatic carbocycles. The molecule has 2 aliphatic rings. The van der Waals surface area contributed by atoms with E-state index in [4.69, 9.17) is 4.74 Å². The van der Waals surface area contributed by atoms with Crippen LogP contribution in [0.4, 0.5) is 0 Å². The zero-order valence-corrected chi connectivity index (χ0v) is 10.6. The number of hydrogen-bond donors (Lipinski definition) is 1. The van der Waals surface area contributed by atoms with Crippen molar-refractivity contribution in [2.24, 2.45) is 5.92 Å². The molecule has 0 aromatic rings. The maximum atomic E-state index is 5.83. The van der Waals surface area contributed by atoms with Crippen molar-refractivity contribution in [2.75, 3.05) is 32.8 Å². The molecule has 0 amide bonds. The molecule has 3 nitrogen and oxygen atoms in total. The Morgan fingerprint density at radius 3 is 2.93 bits per heavy atom. The topological polar surface area (TPSA) is 24.5 Å². The number of hydrogen-bond acceptors (Lipinski definition) is 3. The third-order valence-electron chi connectivity index (χ3n) is 3.71. The summed E-state index contributed by atoms with van der Waals surface area (Å²) in [6.45, 7) is 9.98. The molecule has 0 spiro atoms. The summed E-state index contributed by atoms with van der Waals surface area (Å²) in [5.41, 5.74) is -0.0478. The highest BCUT2D eigenvalue weighted by molar-refractivity contribution is 5.85. The zero-order valence-electron chi connectivity index (χ0n) is 9.79. The van der Waals surface area contributed by atoms with E-state index in [1.165, 1.54) is 32.5 Å². The first kappa shape index (κ1) is 13.2. The van der Waals surface area contributed by atoms with E-state index in [9.17, 15) is 0 Å². The van der Waals surface area contributed by atoms with Gasteiger partial charge in [-0.2, -0.15) is 0 Å². The van der Waals surface area contributed by atoms with Gasteiger partial charge in [0, 0.05) is 19.0 Å². The molecule has 2 heterocycles. The van der Waals surface area contributed by atoms with Crippen molar-refractivity contribution in [3.05, 3.63) is 0 Å². The Labute approximate surface area is 99.0 Å². The van der Waals surface area contributed by atoms with Crippen LogP contribution in [0, 0.1) is 5.92 Å². The highest BCUT2D eigenvalue weighted by Crippen LogP contribution is 2.30. The molecule has 0 aliphatic carbocycles. The van der Waals surface area contributed by atoms with Crippen molar-refractivity contribution in [1.82, 2.24) is 10.2 Å². The molecule has 0 aromatic heterocycles. The fourth-order valence-corrected chi connectivity index (χ4v) is 2.67. The molecule has 2 fully saturated rings. The van der Waals surface area contributed by atoms with Crippen LogP contribution in [0.1, 0.15) is 26.7 Å². The number of halogens is 1. The molecule has 0 saturated carbocycles. The molecule has 15 heavy (non-hydrogen) atoms. The lowest BCUT2D eigenvalue weighted by atomic mass is 9.89. The van der Waals surface area contributed by atoms with Gasteiger partial charge in [0.2, 0.25) is 0 Å². The van der Waals surface area contributed by atoms with Gasteiger partial charge >= 0.3 is 0 Å². The Hall–Kier alpha value is 0.170. The summed E-state index contributed by atoms with van der Waals surface area (Å²) in [5, 5.41) is 3.50. The van der Waals surface area contributed by atoms with Crippen molar-refractivity contribution < 1.29 is 4.74 Å². The van der Waals surface area contributed by atoms with Gasteiger partial charge < -0.3 is 9.64 Å². The third kappa shape index (κ3) is 2.84. The number of likely N-dealkylation sites (tertiary alicyclic amines) is 1. The summed E-state index contributed by atoms with van der Waals surface area (Å²) in [6, 6.07) is 0. The van der Waals surface area contributed by atoms with Crippen LogP contribution in [-0.2, 0) is 4.74 Å². The Bertz CT molecular complexity index is 195. The molecule has 2 aliphatic heterocycles. The molecule has 2 saturated heterocycles. The average Bonchev–Trinajstić information content (AvgIpc) is 2.67. The van der Waals surface area contributed by atoms with E-state index in [1.54, 1.807) is 0 Å². The predicted molar refractivity (Wildman–Crippen MR) is 64.4 cm³/mol. The Morgan fingerprint density at radius 1 is 1.53 bits per heavy atom. The predicted octanol–water partition coefficient (Wildman–Crippen LogP) is 1.48. The van der Waals surface area contributed by atoms with E-state index in [0.717, 1.165) is 13.2 Å². The molecular weight excluding hydrogens is 212 g/mol. The second-order valence-electron chi connectivity index (χ2n) is 4.61. The Balaban J connectivity index is 0.00000112. The van der Waals surface area contributed by atoms with Gasteiger partial charge in [-0.05, 0) is 32.9 Å². The lowest BCUT2D eigenvalue weighted by Gasteiger charge is -2.40. The zero-order chi connectivity index (χ0) is 10.0. The van der Waals surface area contributed by atoms with Gasteiger partial charge in [0.1, 0.15) is 5.72 Å². The summed E-state index contributed by atoms with van der Waals surface area (Å²) in [6.07, 6.45) is 2.62. The van der Waals surface area contributed by atoms with Gasteiger partial charge in [-0.1, -0.05) is 6.92 Å². The van der Waals surface area contributed by atoms with Crippen molar-refractivity contribution in [3.63, 3.8) is 0 Å². The van der Waals surface area contributed by atoms with Crippen molar-refractivity contribution >= 4 is 12.4 Å². The minimum absolute atomic E-state index is 0. The summed E-state index contributed by atoms with van der Waals surface area (Å²) in [5.74, 6) is 0.665. The smallest absolute Gasteiger partial charge is 0.120 e. The maximum Gasteiger partial charge on any atom is 0.120 e. The molecular formula is C11H23ClN2O. The van der Waals surface area contributed by atoms with E-state index in [2.05, 4.69) is 24.1 Å². The highest BCUT2D eigenvalue weighted by atomic mass is 35.5. The average molecular weight is 235 g/mol. The van der Waals surface area contributed by atoms with E-state index < -0.39 is 0 Å². The van der Waals surface area contributed by atoms with Crippen LogP contribution in [0.15, 0.2) is 0 Å². The molecule has 0 bridgehead atoms. The summed E-state index contributed by atoms with van der Waals surface area (Å²) in [7, 11) is 0. The highest BCUT2D eigenvalue weighted by Gasteiger charge is 2.39. The van der Waals surface area contributed by atoms with E-state index >= 15 is 0 Å². The van der Waals surface area contributed by atoms with Crippen LogP contribution in [0.5, 0.6) is 0 Å². The third-order valence-corrected chi connectivity index (χ3v) is 3.71. The molecule has 2 atom stereocenters. The summed E-state index contributed by atoms with van der Waals surface area (Å²) in [4.78, 5) is 2.53. The second-order valence-corrected chi connectivity index (χ2v) is 4.61. The number of nitrogens with zero attached hydrogens (tertiary/aromatic N) is 1. The van der Waals surface area contributed by atoms with Gasteiger partial charge in [-0.25, -0.2) is 0 Å². The van der Waals surface area contributed by atoms with Crippen LogP contribution in [0.3, 0.4) is 0 Å². The first-order valence-corrected chi connectivity index (χ1v) is 5.86. The lowest BCUT2D eigenvalue weighted by Crippen LogP contribution is -2.52. The molecule has 2 unspecified atom stereocenters. The minimum atomic E-state index is -0.0478. The second kappa shape index (κ2) is 5.48. The quantitative estimate of drug-likeness (QED) is 0.784. The lowest BCUT2D eigenvalue weighted by molar-refractivity contribution is -0.0653. The maximum absolute atomic E-state index is 5.83. The first-order chi connectivity index (χ1) is 6.74. The van der Waals surface area contributed by atoms with Gasteiger partial charge in [-0.15, -0.1) is 12.4 Å². The van der Waals surface area contributed by atoms with Gasteiger partial charge in [0.05, 0.1) is 6.61 Å². The summed E-state index contributed by atoms with van der Waals surface area (Å²) >= 11 is 0. The van der Waals surface area contributed by atoms with Crippen molar-refractivity contribution in [3.8, 4) is 0 Å². The fraction of sp³-hybridized carbons (Fsp3) is 1.00. The van der Waals surface area contributed by atoms with E-state index in [0.29, 0.717) is 5.92 Å². The Kier molecular flexibility index (Phi) is 4.84. The molecule has 2 rings (SSSR count). The number of piperidine rings is 1. The SMILES string of the molecule is CCN1CCCC(C2(C)NCCO2)C1.Cl. The first-order valence-electron chi connectivity index (χ1n) is 5.86. The standard InChI is InChI=1S/C11H22N2O.ClH/c1-3-13-7-4-5-10(9-13)11(2)12-6-8-14-11;/h10,12H,3-9H2,1-2H3;1H. The molecule has 4 heteroatoms. The van der Waals surface area contributed by atoms with Gasteiger partial charge in [0.25, 0.3) is 0 Å². The number of ether oxygens (including phenoxy) is 1. The van der Waals surface area contributed by atoms with Crippen LogP contribution < -0.4 is 5.32 Å². The normalized spacial score (nSPS) is 37.6. The largest absolute Gasteiger partial charge is 0.359 e. The van der Waals surface area contributed by atoms with Crippen LogP contribution >= 0.6 is 12.4 Å². The molecule has 90 valence electrons. The molecule has 1 N–H and O–H groups in total. The van der Waals surface area contributed by atoms with Crippen LogP contribution in [-0.4, -0.2) is 43.4 Å².